The van der Waals surface area contributed by atoms with Crippen LogP contribution in [0.1, 0.15) is 73.4 Å². The van der Waals surface area contributed by atoms with Crippen LogP contribution in [0.15, 0.2) is 36.5 Å². The lowest BCUT2D eigenvalue weighted by Crippen LogP contribution is -2.45. The zero-order valence-electron chi connectivity index (χ0n) is 21.0. The van der Waals surface area contributed by atoms with Crippen molar-refractivity contribution in [3.63, 3.8) is 0 Å². The number of likely N-dealkylation sites (tertiary alicyclic amines) is 1. The van der Waals surface area contributed by atoms with Crippen molar-refractivity contribution < 1.29 is 5.11 Å². The fourth-order valence-electron chi connectivity index (χ4n) is 5.79. The summed E-state index contributed by atoms with van der Waals surface area (Å²) in [5, 5.41) is 11.3. The molecule has 3 aromatic heterocycles. The Morgan fingerprint density at radius 3 is 2.44 bits per heavy atom. The van der Waals surface area contributed by atoms with Gasteiger partial charge in [-0.1, -0.05) is 19.1 Å². The number of rotatable bonds is 5. The molecular formula is C27H38N6O. The first-order valence-corrected chi connectivity index (χ1v) is 12.8. The van der Waals surface area contributed by atoms with Crippen LogP contribution >= 0.6 is 0 Å². The molecule has 7 heteroatoms. The second-order valence-electron chi connectivity index (χ2n) is 10.0. The van der Waals surface area contributed by atoms with Crippen molar-refractivity contribution in [2.24, 2.45) is 0 Å². The maximum Gasteiger partial charge on any atom is 0.139 e. The summed E-state index contributed by atoms with van der Waals surface area (Å²) in [6, 6.07) is 10.9. The van der Waals surface area contributed by atoms with E-state index in [1.807, 2.05) is 12.3 Å². The van der Waals surface area contributed by atoms with Gasteiger partial charge in [-0.3, -0.25) is 14.3 Å². The number of aryl methyl sites for hydroxylation is 1. The first kappa shape index (κ1) is 23.3. The second-order valence-corrected chi connectivity index (χ2v) is 10.0. The van der Waals surface area contributed by atoms with E-state index in [-0.39, 0.29) is 12.1 Å². The molecule has 182 valence electrons. The Labute approximate surface area is 203 Å². The van der Waals surface area contributed by atoms with Crippen LogP contribution in [-0.4, -0.2) is 69.5 Å². The molecule has 0 bridgehead atoms. The number of anilines is 1. The standard InChI is InChI=1S/C27H38N6O/c1-5-22(34)27-26(21-11-6-10-20(31(21)4)25-19(2)9-8-14-28-25)29-23-12-7-13-24(33(23)27)32-17-15-30(3)16-18-32/h7-9,12-14,20-22,34H,5-6,10-11,15-18H2,1-4H3. The van der Waals surface area contributed by atoms with Crippen LogP contribution < -0.4 is 4.90 Å². The van der Waals surface area contributed by atoms with Gasteiger partial charge in [0.15, 0.2) is 0 Å². The normalized spacial score (nSPS) is 23.5. The van der Waals surface area contributed by atoms with E-state index in [0.29, 0.717) is 6.42 Å². The summed E-state index contributed by atoms with van der Waals surface area (Å²) in [6.07, 6.45) is 5.27. The van der Waals surface area contributed by atoms with Gasteiger partial charge in [-0.25, -0.2) is 4.98 Å². The number of piperazine rings is 1. The van der Waals surface area contributed by atoms with Crippen LogP contribution in [0, 0.1) is 6.92 Å². The van der Waals surface area contributed by atoms with Gasteiger partial charge in [0.2, 0.25) is 0 Å². The second kappa shape index (κ2) is 9.64. The van der Waals surface area contributed by atoms with Crippen molar-refractivity contribution in [1.29, 1.82) is 0 Å². The molecule has 5 rings (SSSR count). The highest BCUT2D eigenvalue weighted by atomic mass is 16.3. The molecule has 2 aliphatic heterocycles. The lowest BCUT2D eigenvalue weighted by molar-refractivity contribution is 0.103. The minimum absolute atomic E-state index is 0.150. The largest absolute Gasteiger partial charge is 0.387 e. The van der Waals surface area contributed by atoms with E-state index in [1.54, 1.807) is 0 Å². The lowest BCUT2D eigenvalue weighted by atomic mass is 9.89. The highest BCUT2D eigenvalue weighted by molar-refractivity contribution is 5.56. The highest BCUT2D eigenvalue weighted by Gasteiger charge is 2.36. The number of aromatic nitrogens is 3. The van der Waals surface area contributed by atoms with Crippen LogP contribution in [0.3, 0.4) is 0 Å². The maximum atomic E-state index is 11.3. The summed E-state index contributed by atoms with van der Waals surface area (Å²) in [5.41, 5.74) is 5.31. The number of aliphatic hydroxyl groups excluding tert-OH is 1. The molecule has 0 radical (unpaired) electrons. The van der Waals surface area contributed by atoms with Gasteiger partial charge in [0.1, 0.15) is 11.5 Å². The number of likely N-dealkylation sites (N-methyl/N-ethyl adjacent to an activating group) is 1. The highest BCUT2D eigenvalue weighted by Crippen LogP contribution is 2.43. The van der Waals surface area contributed by atoms with Crippen LogP contribution in [0.4, 0.5) is 5.82 Å². The number of hydrogen-bond acceptors (Lipinski definition) is 6. The van der Waals surface area contributed by atoms with Crippen molar-refractivity contribution >= 4 is 11.5 Å². The Kier molecular flexibility index (Phi) is 6.60. The average molecular weight is 463 g/mol. The number of fused-ring (bicyclic) bond motifs is 1. The van der Waals surface area contributed by atoms with E-state index in [4.69, 9.17) is 9.97 Å². The third kappa shape index (κ3) is 4.10. The molecule has 3 aromatic rings. The molecule has 3 atom stereocenters. The predicted molar refractivity (Wildman–Crippen MR) is 136 cm³/mol. The zero-order valence-corrected chi connectivity index (χ0v) is 21.0. The number of aliphatic hydroxyl groups is 1. The van der Waals surface area contributed by atoms with Crippen molar-refractivity contribution in [3.8, 4) is 0 Å². The molecule has 0 saturated carbocycles. The van der Waals surface area contributed by atoms with Crippen LogP contribution in [0.2, 0.25) is 0 Å². The van der Waals surface area contributed by atoms with Gasteiger partial charge in [0, 0.05) is 32.4 Å². The molecule has 34 heavy (non-hydrogen) atoms. The first-order valence-electron chi connectivity index (χ1n) is 12.8. The maximum absolute atomic E-state index is 11.3. The van der Waals surface area contributed by atoms with Crippen LogP contribution in [-0.2, 0) is 0 Å². The van der Waals surface area contributed by atoms with Crippen LogP contribution in [0.5, 0.6) is 0 Å². The molecule has 2 fully saturated rings. The van der Waals surface area contributed by atoms with E-state index in [0.717, 1.165) is 74.0 Å². The number of pyridine rings is 2. The van der Waals surface area contributed by atoms with Crippen molar-refractivity contribution in [2.75, 3.05) is 45.2 Å². The third-order valence-corrected chi connectivity index (χ3v) is 7.84. The summed E-state index contributed by atoms with van der Waals surface area (Å²) in [5.74, 6) is 1.14. The third-order valence-electron chi connectivity index (χ3n) is 7.84. The minimum Gasteiger partial charge on any atom is -0.387 e. The molecule has 1 N–H and O–H groups in total. The molecule has 2 aliphatic rings. The smallest absolute Gasteiger partial charge is 0.139 e. The Bertz CT molecular complexity index is 1140. The van der Waals surface area contributed by atoms with Crippen molar-refractivity contribution in [1.82, 2.24) is 24.2 Å². The van der Waals surface area contributed by atoms with E-state index in [1.165, 1.54) is 5.56 Å². The lowest BCUT2D eigenvalue weighted by Gasteiger charge is -2.39. The number of imidazole rings is 1. The molecule has 0 aromatic carbocycles. The Morgan fingerprint density at radius 1 is 1.00 bits per heavy atom. The van der Waals surface area contributed by atoms with Crippen molar-refractivity contribution in [2.45, 2.75) is 57.7 Å². The Balaban J connectivity index is 1.59. The predicted octanol–water partition coefficient (Wildman–Crippen LogP) is 4.13. The van der Waals surface area contributed by atoms with Gasteiger partial charge in [-0.2, -0.15) is 0 Å². The molecule has 0 amide bonds. The van der Waals surface area contributed by atoms with E-state index < -0.39 is 6.10 Å². The Hall–Kier alpha value is -2.48. The minimum atomic E-state index is -0.552. The monoisotopic (exact) mass is 462 g/mol. The van der Waals surface area contributed by atoms with E-state index in [2.05, 4.69) is 71.3 Å². The van der Waals surface area contributed by atoms with Gasteiger partial charge >= 0.3 is 0 Å². The molecule has 5 heterocycles. The van der Waals surface area contributed by atoms with E-state index >= 15 is 0 Å². The summed E-state index contributed by atoms with van der Waals surface area (Å²) in [7, 11) is 4.38. The van der Waals surface area contributed by atoms with Gasteiger partial charge in [0.25, 0.3) is 0 Å². The average Bonchev–Trinajstić information content (AvgIpc) is 3.24. The van der Waals surface area contributed by atoms with Crippen molar-refractivity contribution in [3.05, 3.63) is 59.2 Å². The number of nitrogens with zero attached hydrogens (tertiary/aromatic N) is 6. The topological polar surface area (TPSA) is 60.1 Å². The molecule has 0 aliphatic carbocycles. The first-order chi connectivity index (χ1) is 16.5. The van der Waals surface area contributed by atoms with Gasteiger partial charge in [-0.05, 0) is 70.5 Å². The zero-order chi connectivity index (χ0) is 23.8. The number of hydrogen-bond donors (Lipinski definition) is 1. The fourth-order valence-corrected chi connectivity index (χ4v) is 5.79. The summed E-state index contributed by atoms with van der Waals surface area (Å²) in [4.78, 5) is 17.2. The fraction of sp³-hybridized carbons (Fsp3) is 0.556. The summed E-state index contributed by atoms with van der Waals surface area (Å²) in [6.45, 7) is 8.25. The molecular weight excluding hydrogens is 424 g/mol. The molecule has 2 saturated heterocycles. The molecule has 7 nitrogen and oxygen atoms in total. The van der Waals surface area contributed by atoms with Gasteiger partial charge < -0.3 is 14.9 Å². The van der Waals surface area contributed by atoms with E-state index in [9.17, 15) is 5.11 Å². The Morgan fingerprint density at radius 2 is 1.74 bits per heavy atom. The SMILES string of the molecule is CCC(O)c1c(C2CCCC(c3ncccc3C)N2C)nc2cccc(N3CCN(C)CC3)n12. The quantitative estimate of drug-likeness (QED) is 0.615. The summed E-state index contributed by atoms with van der Waals surface area (Å²) < 4.78 is 2.23. The number of piperidine rings is 1. The van der Waals surface area contributed by atoms with Gasteiger partial charge in [0.05, 0.1) is 35.3 Å². The molecule has 3 unspecified atom stereocenters. The molecule has 0 spiro atoms. The summed E-state index contributed by atoms with van der Waals surface area (Å²) >= 11 is 0. The van der Waals surface area contributed by atoms with Crippen LogP contribution in [0.25, 0.3) is 5.65 Å². The van der Waals surface area contributed by atoms with Gasteiger partial charge in [-0.15, -0.1) is 0 Å².